The van der Waals surface area contributed by atoms with E-state index in [0.29, 0.717) is 5.56 Å². The molecule has 0 saturated carbocycles. The summed E-state index contributed by atoms with van der Waals surface area (Å²) in [6.07, 6.45) is 0. The number of aliphatic hydroxyl groups is 1. The summed E-state index contributed by atoms with van der Waals surface area (Å²) >= 11 is 0. The lowest BCUT2D eigenvalue weighted by molar-refractivity contribution is -0.387. The first-order valence-electron chi connectivity index (χ1n) is 5.82. The van der Waals surface area contributed by atoms with Gasteiger partial charge in [-0.3, -0.25) is 20.2 Å². The molecule has 21 heavy (non-hydrogen) atoms. The normalized spacial score (nSPS) is 10.1. The number of hydrogen-bond acceptors (Lipinski definition) is 6. The molecule has 2 aromatic rings. The molecular formula is C13H10N2O6. The Morgan fingerprint density at radius 2 is 1.57 bits per heavy atom. The molecule has 8 heteroatoms. The third-order valence-corrected chi connectivity index (χ3v) is 2.68. The quantitative estimate of drug-likeness (QED) is 0.668. The summed E-state index contributed by atoms with van der Waals surface area (Å²) in [5.41, 5.74) is -0.325. The van der Waals surface area contributed by atoms with Crippen molar-refractivity contribution < 1.29 is 19.7 Å². The van der Waals surface area contributed by atoms with Crippen LogP contribution in [0, 0.1) is 20.2 Å². The van der Waals surface area contributed by atoms with Crippen LogP contribution in [0.3, 0.4) is 0 Å². The number of nitro groups is 2. The molecule has 0 spiro atoms. The van der Waals surface area contributed by atoms with Gasteiger partial charge in [0.05, 0.1) is 16.5 Å². The number of para-hydroxylation sites is 2. The SMILES string of the molecule is O=[N+]([O-])c1ccccc1Oc1ccc(CO)cc1[N+](=O)[O-]. The fraction of sp³-hybridized carbons (Fsp3) is 0.0769. The van der Waals surface area contributed by atoms with Crippen molar-refractivity contribution in [1.82, 2.24) is 0 Å². The van der Waals surface area contributed by atoms with Crippen LogP contribution in [0.2, 0.25) is 0 Å². The van der Waals surface area contributed by atoms with Gasteiger partial charge in [0.1, 0.15) is 0 Å². The largest absolute Gasteiger partial charge is 0.443 e. The lowest BCUT2D eigenvalue weighted by Gasteiger charge is -2.07. The van der Waals surface area contributed by atoms with Crippen LogP contribution in [-0.4, -0.2) is 15.0 Å². The lowest BCUT2D eigenvalue weighted by Crippen LogP contribution is -1.97. The molecule has 0 aromatic heterocycles. The van der Waals surface area contributed by atoms with Crippen LogP contribution in [0.5, 0.6) is 11.5 Å². The minimum Gasteiger partial charge on any atom is -0.443 e. The highest BCUT2D eigenvalue weighted by Crippen LogP contribution is 2.36. The summed E-state index contributed by atoms with van der Waals surface area (Å²) in [6, 6.07) is 9.47. The van der Waals surface area contributed by atoms with Crippen molar-refractivity contribution in [3.8, 4) is 11.5 Å². The zero-order valence-electron chi connectivity index (χ0n) is 10.6. The molecule has 0 aliphatic carbocycles. The Labute approximate surface area is 118 Å². The van der Waals surface area contributed by atoms with Gasteiger partial charge in [-0.05, 0) is 17.7 Å². The van der Waals surface area contributed by atoms with Crippen LogP contribution < -0.4 is 4.74 Å². The topological polar surface area (TPSA) is 116 Å². The van der Waals surface area contributed by atoms with Gasteiger partial charge in [-0.2, -0.15) is 0 Å². The fourth-order valence-corrected chi connectivity index (χ4v) is 1.70. The number of nitrogens with zero attached hydrogens (tertiary/aromatic N) is 2. The first-order chi connectivity index (χ1) is 10.0. The fourth-order valence-electron chi connectivity index (χ4n) is 1.70. The first kappa shape index (κ1) is 14.4. The van der Waals surface area contributed by atoms with Crippen LogP contribution in [0.4, 0.5) is 11.4 Å². The third kappa shape index (κ3) is 3.12. The molecule has 1 N–H and O–H groups in total. The molecule has 0 heterocycles. The van der Waals surface area contributed by atoms with E-state index < -0.39 is 9.85 Å². The van der Waals surface area contributed by atoms with Crippen molar-refractivity contribution >= 4 is 11.4 Å². The molecule has 0 amide bonds. The van der Waals surface area contributed by atoms with Gasteiger partial charge in [0.15, 0.2) is 0 Å². The number of benzene rings is 2. The summed E-state index contributed by atoms with van der Waals surface area (Å²) in [5, 5.41) is 30.9. The molecule has 0 aliphatic rings. The van der Waals surface area contributed by atoms with Gasteiger partial charge in [0, 0.05) is 12.1 Å². The summed E-state index contributed by atoms with van der Waals surface area (Å²) in [4.78, 5) is 20.6. The minimum atomic E-state index is -0.677. The van der Waals surface area contributed by atoms with Crippen LogP contribution in [-0.2, 0) is 6.61 Å². The summed E-state index contributed by atoms with van der Waals surface area (Å²) < 4.78 is 5.30. The molecule has 0 bridgehead atoms. The third-order valence-electron chi connectivity index (χ3n) is 2.68. The average Bonchev–Trinajstić information content (AvgIpc) is 2.47. The molecule has 0 saturated heterocycles. The van der Waals surface area contributed by atoms with Gasteiger partial charge >= 0.3 is 11.4 Å². The van der Waals surface area contributed by atoms with Gasteiger partial charge in [-0.15, -0.1) is 0 Å². The molecule has 108 valence electrons. The zero-order chi connectivity index (χ0) is 15.4. The maximum absolute atomic E-state index is 11.0. The Kier molecular flexibility index (Phi) is 4.10. The number of aliphatic hydroxyl groups excluding tert-OH is 1. The van der Waals surface area contributed by atoms with Crippen molar-refractivity contribution in [2.24, 2.45) is 0 Å². The van der Waals surface area contributed by atoms with E-state index in [-0.39, 0.29) is 29.5 Å². The molecule has 8 nitrogen and oxygen atoms in total. The second-order valence-electron chi connectivity index (χ2n) is 4.04. The van der Waals surface area contributed by atoms with Crippen molar-refractivity contribution in [2.75, 3.05) is 0 Å². The number of ether oxygens (including phenoxy) is 1. The Balaban J connectivity index is 2.45. The van der Waals surface area contributed by atoms with E-state index in [9.17, 15) is 20.2 Å². The van der Waals surface area contributed by atoms with Crippen molar-refractivity contribution in [1.29, 1.82) is 0 Å². The molecule has 2 rings (SSSR count). The van der Waals surface area contributed by atoms with Crippen molar-refractivity contribution in [2.45, 2.75) is 6.61 Å². The predicted octanol–water partition coefficient (Wildman–Crippen LogP) is 2.79. The zero-order valence-corrected chi connectivity index (χ0v) is 10.6. The van der Waals surface area contributed by atoms with E-state index in [2.05, 4.69) is 0 Å². The second-order valence-corrected chi connectivity index (χ2v) is 4.04. The van der Waals surface area contributed by atoms with Gasteiger partial charge < -0.3 is 9.84 Å². The van der Waals surface area contributed by atoms with E-state index in [1.54, 1.807) is 0 Å². The number of hydrogen-bond donors (Lipinski definition) is 1. The highest BCUT2D eigenvalue weighted by molar-refractivity contribution is 5.54. The molecule has 0 radical (unpaired) electrons. The molecule has 0 atom stereocenters. The van der Waals surface area contributed by atoms with Gasteiger partial charge in [0.25, 0.3) is 0 Å². The van der Waals surface area contributed by atoms with Gasteiger partial charge in [0.2, 0.25) is 11.5 Å². The smallest absolute Gasteiger partial charge is 0.311 e. The van der Waals surface area contributed by atoms with E-state index >= 15 is 0 Å². The van der Waals surface area contributed by atoms with Crippen LogP contribution in [0.15, 0.2) is 42.5 Å². The van der Waals surface area contributed by atoms with E-state index in [1.165, 1.54) is 36.4 Å². The van der Waals surface area contributed by atoms with Gasteiger partial charge in [-0.25, -0.2) is 0 Å². The Morgan fingerprint density at radius 1 is 0.952 bits per heavy atom. The Bertz CT molecular complexity index is 701. The molecule has 0 fully saturated rings. The molecule has 0 aliphatic heterocycles. The second kappa shape index (κ2) is 5.97. The summed E-state index contributed by atoms with van der Waals surface area (Å²) in [7, 11) is 0. The van der Waals surface area contributed by atoms with E-state index in [1.807, 2.05) is 0 Å². The molecular weight excluding hydrogens is 280 g/mol. The standard InChI is InChI=1S/C13H10N2O6/c16-8-9-5-6-13(11(7-9)15(19)20)21-12-4-2-1-3-10(12)14(17)18/h1-7,16H,8H2. The Hall–Kier alpha value is -3.00. The molecule has 0 unspecified atom stereocenters. The number of rotatable bonds is 5. The first-order valence-corrected chi connectivity index (χ1v) is 5.82. The summed E-state index contributed by atoms with van der Waals surface area (Å²) in [5.74, 6) is -0.228. The minimum absolute atomic E-state index is 0.0950. The average molecular weight is 290 g/mol. The summed E-state index contributed by atoms with van der Waals surface area (Å²) in [6.45, 7) is -0.355. The highest BCUT2D eigenvalue weighted by atomic mass is 16.6. The number of nitro benzene ring substituents is 2. The Morgan fingerprint density at radius 3 is 2.19 bits per heavy atom. The predicted molar refractivity (Wildman–Crippen MR) is 72.2 cm³/mol. The van der Waals surface area contributed by atoms with Crippen molar-refractivity contribution in [3.63, 3.8) is 0 Å². The molecule has 2 aromatic carbocycles. The maximum Gasteiger partial charge on any atom is 0.311 e. The monoisotopic (exact) mass is 290 g/mol. The van der Waals surface area contributed by atoms with Crippen molar-refractivity contribution in [3.05, 3.63) is 68.3 Å². The van der Waals surface area contributed by atoms with E-state index in [4.69, 9.17) is 9.84 Å². The lowest BCUT2D eigenvalue weighted by atomic mass is 10.2. The highest BCUT2D eigenvalue weighted by Gasteiger charge is 2.20. The van der Waals surface area contributed by atoms with Crippen LogP contribution in [0.1, 0.15) is 5.56 Å². The van der Waals surface area contributed by atoms with Gasteiger partial charge in [-0.1, -0.05) is 18.2 Å². The maximum atomic E-state index is 11.0. The van der Waals surface area contributed by atoms with E-state index in [0.717, 1.165) is 6.07 Å². The van der Waals surface area contributed by atoms with Crippen LogP contribution >= 0.6 is 0 Å². The van der Waals surface area contributed by atoms with Crippen LogP contribution in [0.25, 0.3) is 0 Å².